The van der Waals surface area contributed by atoms with E-state index in [1.165, 1.54) is 48.6 Å². The summed E-state index contributed by atoms with van der Waals surface area (Å²) in [6.45, 7) is 0. The quantitative estimate of drug-likeness (QED) is 0.355. The van der Waals surface area contributed by atoms with Crippen LogP contribution in [0.2, 0.25) is 5.02 Å². The number of non-ortho nitro benzene ring substituents is 1. The van der Waals surface area contributed by atoms with Crippen molar-refractivity contribution in [1.82, 2.24) is 0 Å². The second kappa shape index (κ2) is 6.80. The molecule has 0 aliphatic heterocycles. The van der Waals surface area contributed by atoms with Crippen molar-refractivity contribution in [3.8, 4) is 0 Å². The molecule has 8 heteroatoms. The Bertz CT molecular complexity index is 832. The summed E-state index contributed by atoms with van der Waals surface area (Å²) in [6, 6.07) is 9.42. The molecular weight excluding hydrogens is 324 g/mol. The van der Waals surface area contributed by atoms with Gasteiger partial charge in [-0.2, -0.15) is 0 Å². The van der Waals surface area contributed by atoms with Crippen LogP contribution in [0.5, 0.6) is 0 Å². The van der Waals surface area contributed by atoms with Gasteiger partial charge in [-0.1, -0.05) is 35.9 Å². The fourth-order valence-electron chi connectivity index (χ4n) is 1.81. The van der Waals surface area contributed by atoms with Gasteiger partial charge in [0.2, 0.25) is 0 Å². The average molecular weight is 333 g/mol. The largest absolute Gasteiger partial charge is 0.289 e. The van der Waals surface area contributed by atoms with Crippen molar-refractivity contribution >= 4 is 34.8 Å². The molecule has 7 nitrogen and oxygen atoms in total. The van der Waals surface area contributed by atoms with Gasteiger partial charge < -0.3 is 0 Å². The van der Waals surface area contributed by atoms with Crippen LogP contribution in [-0.2, 0) is 0 Å². The third-order valence-electron chi connectivity index (χ3n) is 2.94. The van der Waals surface area contributed by atoms with Crippen molar-refractivity contribution in [2.75, 3.05) is 0 Å². The zero-order valence-electron chi connectivity index (χ0n) is 11.5. The number of ketones is 1. The van der Waals surface area contributed by atoms with E-state index >= 15 is 0 Å². The van der Waals surface area contributed by atoms with Gasteiger partial charge in [0, 0.05) is 23.8 Å². The van der Waals surface area contributed by atoms with Crippen LogP contribution < -0.4 is 0 Å². The van der Waals surface area contributed by atoms with E-state index < -0.39 is 15.6 Å². The highest BCUT2D eigenvalue weighted by molar-refractivity contribution is 6.32. The minimum absolute atomic E-state index is 0.00263. The Balaban J connectivity index is 2.25. The van der Waals surface area contributed by atoms with E-state index in [4.69, 9.17) is 11.6 Å². The van der Waals surface area contributed by atoms with E-state index in [1.807, 2.05) is 0 Å². The highest BCUT2D eigenvalue weighted by atomic mass is 35.5. The van der Waals surface area contributed by atoms with E-state index in [-0.39, 0.29) is 22.0 Å². The van der Waals surface area contributed by atoms with Gasteiger partial charge in [0.25, 0.3) is 11.4 Å². The number of nitro benzene ring substituents is 2. The molecule has 0 bridgehead atoms. The van der Waals surface area contributed by atoms with Gasteiger partial charge in [-0.25, -0.2) is 0 Å². The number of carbonyl (C=O) groups excluding carboxylic acids is 1. The smallest absolute Gasteiger partial charge is 0.288 e. The third kappa shape index (κ3) is 3.98. The summed E-state index contributed by atoms with van der Waals surface area (Å²) >= 11 is 5.70. The Morgan fingerprint density at radius 2 is 1.78 bits per heavy atom. The normalized spacial score (nSPS) is 10.7. The topological polar surface area (TPSA) is 103 Å². The number of halogens is 1. The zero-order chi connectivity index (χ0) is 17.0. The van der Waals surface area contributed by atoms with Crippen molar-refractivity contribution in [3.05, 3.63) is 84.9 Å². The standard InChI is InChI=1S/C15H9ClN2O5/c16-13-6-4-10(8-14(13)18(22)23)5-7-15(19)11-2-1-3-12(9-11)17(20)21/h1-9H. The molecular formula is C15H9ClN2O5. The van der Waals surface area contributed by atoms with E-state index in [0.717, 1.165) is 6.07 Å². The number of carbonyl (C=O) groups is 1. The number of hydrogen-bond acceptors (Lipinski definition) is 5. The lowest BCUT2D eigenvalue weighted by Crippen LogP contribution is -1.96. The monoisotopic (exact) mass is 332 g/mol. The predicted octanol–water partition coefficient (Wildman–Crippen LogP) is 4.05. The molecule has 0 aromatic heterocycles. The number of rotatable bonds is 5. The molecule has 0 aliphatic carbocycles. The number of nitro groups is 2. The number of hydrogen-bond donors (Lipinski definition) is 0. The minimum Gasteiger partial charge on any atom is -0.289 e. The van der Waals surface area contributed by atoms with Gasteiger partial charge in [0.1, 0.15) is 5.02 Å². The maximum Gasteiger partial charge on any atom is 0.288 e. The molecule has 0 saturated heterocycles. The lowest BCUT2D eigenvalue weighted by Gasteiger charge is -1.98. The van der Waals surface area contributed by atoms with Crippen LogP contribution in [0.3, 0.4) is 0 Å². The molecule has 0 spiro atoms. The van der Waals surface area contributed by atoms with Gasteiger partial charge in [0.05, 0.1) is 9.85 Å². The summed E-state index contributed by atoms with van der Waals surface area (Å²) in [5.41, 5.74) is 0.113. The number of nitrogens with zero attached hydrogens (tertiary/aromatic N) is 2. The summed E-state index contributed by atoms with van der Waals surface area (Å²) in [5.74, 6) is -0.452. The molecule has 23 heavy (non-hydrogen) atoms. The molecule has 2 aromatic rings. The van der Waals surface area contributed by atoms with Crippen molar-refractivity contribution < 1.29 is 14.6 Å². The highest BCUT2D eigenvalue weighted by Gasteiger charge is 2.12. The first-order valence-corrected chi connectivity index (χ1v) is 6.67. The van der Waals surface area contributed by atoms with Crippen molar-refractivity contribution in [1.29, 1.82) is 0 Å². The molecule has 0 amide bonds. The molecule has 0 saturated carbocycles. The molecule has 0 unspecified atom stereocenters. The van der Waals surface area contributed by atoms with Crippen molar-refractivity contribution in [2.24, 2.45) is 0 Å². The first-order chi connectivity index (χ1) is 10.9. The van der Waals surface area contributed by atoms with Crippen LogP contribution in [0.15, 0.2) is 48.5 Å². The second-order valence-corrected chi connectivity index (χ2v) is 4.88. The van der Waals surface area contributed by atoms with E-state index in [1.54, 1.807) is 0 Å². The zero-order valence-corrected chi connectivity index (χ0v) is 12.3. The van der Waals surface area contributed by atoms with Crippen LogP contribution in [-0.4, -0.2) is 15.6 Å². The Labute approximate surface area is 135 Å². The Morgan fingerprint density at radius 1 is 1.04 bits per heavy atom. The van der Waals surface area contributed by atoms with Gasteiger partial charge in [-0.3, -0.25) is 25.0 Å². The molecule has 0 aliphatic rings. The Morgan fingerprint density at radius 3 is 2.43 bits per heavy atom. The molecule has 0 N–H and O–H groups in total. The van der Waals surface area contributed by atoms with Crippen molar-refractivity contribution in [2.45, 2.75) is 0 Å². The lowest BCUT2D eigenvalue weighted by molar-refractivity contribution is -0.385. The van der Waals surface area contributed by atoms with Crippen LogP contribution in [0, 0.1) is 20.2 Å². The SMILES string of the molecule is O=C(C=Cc1ccc(Cl)c([N+](=O)[O-])c1)c1cccc([N+](=O)[O-])c1. The molecule has 0 fully saturated rings. The summed E-state index contributed by atoms with van der Waals surface area (Å²) in [4.78, 5) is 32.3. The van der Waals surface area contributed by atoms with Crippen molar-refractivity contribution in [3.63, 3.8) is 0 Å². The highest BCUT2D eigenvalue weighted by Crippen LogP contribution is 2.25. The maximum absolute atomic E-state index is 12.0. The fourth-order valence-corrected chi connectivity index (χ4v) is 2.00. The molecule has 2 rings (SSSR count). The van der Waals surface area contributed by atoms with Crippen LogP contribution in [0.1, 0.15) is 15.9 Å². The number of allylic oxidation sites excluding steroid dienone is 1. The van der Waals surface area contributed by atoms with Crippen LogP contribution in [0.4, 0.5) is 11.4 Å². The molecule has 0 heterocycles. The van der Waals surface area contributed by atoms with Crippen LogP contribution in [0.25, 0.3) is 6.08 Å². The molecule has 0 atom stereocenters. The van der Waals surface area contributed by atoms with E-state index in [9.17, 15) is 25.0 Å². The number of benzene rings is 2. The van der Waals surface area contributed by atoms with Gasteiger partial charge in [-0.15, -0.1) is 0 Å². The van der Waals surface area contributed by atoms with Gasteiger partial charge in [-0.05, 0) is 17.7 Å². The summed E-state index contributed by atoms with van der Waals surface area (Å²) in [6.07, 6.45) is 2.57. The van der Waals surface area contributed by atoms with E-state index in [0.29, 0.717) is 5.56 Å². The molecule has 0 radical (unpaired) electrons. The summed E-state index contributed by atoms with van der Waals surface area (Å²) in [5, 5.41) is 21.5. The van der Waals surface area contributed by atoms with Gasteiger partial charge in [0.15, 0.2) is 5.78 Å². The van der Waals surface area contributed by atoms with Gasteiger partial charge >= 0.3 is 0 Å². The van der Waals surface area contributed by atoms with E-state index in [2.05, 4.69) is 0 Å². The Kier molecular flexibility index (Phi) is 4.82. The summed E-state index contributed by atoms with van der Waals surface area (Å²) < 4.78 is 0. The average Bonchev–Trinajstić information content (AvgIpc) is 2.53. The summed E-state index contributed by atoms with van der Waals surface area (Å²) in [7, 11) is 0. The molecule has 116 valence electrons. The first kappa shape index (κ1) is 16.3. The first-order valence-electron chi connectivity index (χ1n) is 6.29. The predicted molar refractivity (Wildman–Crippen MR) is 84.6 cm³/mol. The third-order valence-corrected chi connectivity index (χ3v) is 3.26. The fraction of sp³-hybridized carbons (Fsp3) is 0. The molecule has 2 aromatic carbocycles. The minimum atomic E-state index is -0.623. The Hall–Kier alpha value is -3.06. The lowest BCUT2D eigenvalue weighted by atomic mass is 10.1. The van der Waals surface area contributed by atoms with Crippen LogP contribution >= 0.6 is 11.6 Å². The second-order valence-electron chi connectivity index (χ2n) is 4.47. The maximum atomic E-state index is 12.0.